The second-order valence-electron chi connectivity index (χ2n) is 6.80. The molecule has 25 heavy (non-hydrogen) atoms. The molecule has 2 unspecified atom stereocenters. The fraction of sp³-hybridized carbons (Fsp3) is 0.450. The Morgan fingerprint density at radius 2 is 1.88 bits per heavy atom. The fourth-order valence-electron chi connectivity index (χ4n) is 4.07. The summed E-state index contributed by atoms with van der Waals surface area (Å²) in [6.07, 6.45) is 3.88. The number of methoxy groups -OCH3 is 1. The molecule has 2 fully saturated rings. The van der Waals surface area contributed by atoms with Crippen LogP contribution in [0.4, 0.5) is 0 Å². The molecule has 1 aliphatic heterocycles. The average Bonchev–Trinajstić information content (AvgIpc) is 3.20. The van der Waals surface area contributed by atoms with Gasteiger partial charge in [0.1, 0.15) is 5.71 Å². The van der Waals surface area contributed by atoms with Crippen LogP contribution >= 0.6 is 0 Å². The van der Waals surface area contributed by atoms with Gasteiger partial charge in [0.2, 0.25) is 5.96 Å². The second-order valence-corrected chi connectivity index (χ2v) is 6.80. The molecule has 5 heteroatoms. The lowest BCUT2D eigenvalue weighted by atomic mass is 9.96. The number of likely N-dealkylation sites (tertiary alicyclic amines) is 1. The second kappa shape index (κ2) is 7.64. The summed E-state index contributed by atoms with van der Waals surface area (Å²) in [5.41, 5.74) is 1.75. The van der Waals surface area contributed by atoms with E-state index < -0.39 is 5.97 Å². The van der Waals surface area contributed by atoms with E-state index in [0.717, 1.165) is 13.1 Å². The maximum Gasteiger partial charge on any atom is 0.352 e. The van der Waals surface area contributed by atoms with Crippen molar-refractivity contribution in [1.29, 1.82) is 0 Å². The number of aliphatic imine (C=N–C) groups is 2. The summed E-state index contributed by atoms with van der Waals surface area (Å²) < 4.78 is 4.72. The Morgan fingerprint density at radius 3 is 2.44 bits per heavy atom. The van der Waals surface area contributed by atoms with Gasteiger partial charge in [0.25, 0.3) is 0 Å². The Hall–Kier alpha value is -2.43. The van der Waals surface area contributed by atoms with Gasteiger partial charge in [-0.05, 0) is 43.1 Å². The molecule has 0 amide bonds. The van der Waals surface area contributed by atoms with E-state index >= 15 is 0 Å². The molecule has 1 heterocycles. The Morgan fingerprint density at radius 1 is 1.24 bits per heavy atom. The van der Waals surface area contributed by atoms with Crippen LogP contribution in [0.25, 0.3) is 0 Å². The van der Waals surface area contributed by atoms with Crippen LogP contribution in [0.3, 0.4) is 0 Å². The topological polar surface area (TPSA) is 54.3 Å². The van der Waals surface area contributed by atoms with Gasteiger partial charge in [0, 0.05) is 19.3 Å². The molecule has 1 aromatic rings. The van der Waals surface area contributed by atoms with E-state index in [1.165, 1.54) is 31.7 Å². The van der Waals surface area contributed by atoms with Crippen molar-refractivity contribution in [3.05, 3.63) is 48.7 Å². The first-order chi connectivity index (χ1) is 12.1. The number of carbonyl (C=O) groups is 1. The summed E-state index contributed by atoms with van der Waals surface area (Å²) in [6, 6.07) is 10.8. The summed E-state index contributed by atoms with van der Waals surface area (Å²) in [7, 11) is 1.36. The zero-order valence-corrected chi connectivity index (χ0v) is 14.9. The Balaban J connectivity index is 1.68. The van der Waals surface area contributed by atoms with E-state index in [-0.39, 0.29) is 0 Å². The van der Waals surface area contributed by atoms with E-state index in [4.69, 9.17) is 4.74 Å². The molecule has 1 aromatic carbocycles. The number of rotatable bonds is 3. The highest BCUT2D eigenvalue weighted by atomic mass is 16.5. The van der Waals surface area contributed by atoms with Gasteiger partial charge in [0.05, 0.1) is 7.11 Å². The number of fused-ring (bicyclic) bond motifs is 1. The van der Waals surface area contributed by atoms with Crippen LogP contribution in [-0.4, -0.2) is 42.7 Å². The number of carbonyl (C=O) groups excluding carboxylic acids is 1. The number of ether oxygens (including phenoxy) is 1. The van der Waals surface area contributed by atoms with Crippen molar-refractivity contribution in [3.8, 4) is 0 Å². The first kappa shape index (κ1) is 17.4. The van der Waals surface area contributed by atoms with Gasteiger partial charge >= 0.3 is 5.97 Å². The van der Waals surface area contributed by atoms with Crippen LogP contribution in [0, 0.1) is 11.8 Å². The van der Waals surface area contributed by atoms with Gasteiger partial charge in [-0.15, -0.1) is 0 Å². The predicted octanol–water partition coefficient (Wildman–Crippen LogP) is 3.25. The standard InChI is InChI=1S/C20H25N3O2/c1-4-21-20(22-14(2)19(24)25-3)23-12-17-10-16(11-18(17)13-23)15-8-6-5-7-9-15/h4-9,16-18H,1,10-13H2,2-3H3/b21-20+,22-14+. The molecule has 3 rings (SSSR count). The molecule has 0 spiro atoms. The number of hydrogen-bond donors (Lipinski definition) is 0. The molecule has 132 valence electrons. The van der Waals surface area contributed by atoms with E-state index in [2.05, 4.69) is 51.8 Å². The van der Waals surface area contributed by atoms with Gasteiger partial charge in [-0.2, -0.15) is 0 Å². The molecule has 2 aliphatic rings. The number of guanidine groups is 1. The predicted molar refractivity (Wildman–Crippen MR) is 99.7 cm³/mol. The minimum absolute atomic E-state index is 0.308. The summed E-state index contributed by atoms with van der Waals surface area (Å²) in [5, 5.41) is 0. The van der Waals surface area contributed by atoms with E-state index in [1.54, 1.807) is 6.92 Å². The van der Waals surface area contributed by atoms with Crippen LogP contribution in [0.2, 0.25) is 0 Å². The molecule has 0 bridgehead atoms. The molecule has 0 N–H and O–H groups in total. The maximum atomic E-state index is 11.6. The van der Waals surface area contributed by atoms with Crippen molar-refractivity contribution in [1.82, 2.24) is 4.90 Å². The monoisotopic (exact) mass is 339 g/mol. The molecule has 1 saturated heterocycles. The number of nitrogens with zero attached hydrogens (tertiary/aromatic N) is 3. The lowest BCUT2D eigenvalue weighted by Gasteiger charge is -2.20. The average molecular weight is 339 g/mol. The Bertz CT molecular complexity index is 682. The van der Waals surface area contributed by atoms with Crippen molar-refractivity contribution in [2.45, 2.75) is 25.7 Å². The normalized spacial score (nSPS) is 26.5. The third-order valence-corrected chi connectivity index (χ3v) is 5.26. The summed E-state index contributed by atoms with van der Waals surface area (Å²) in [6.45, 7) is 7.17. The quantitative estimate of drug-likeness (QED) is 0.482. The van der Waals surface area contributed by atoms with Crippen LogP contribution < -0.4 is 0 Å². The zero-order chi connectivity index (χ0) is 17.8. The fourth-order valence-corrected chi connectivity index (χ4v) is 4.07. The zero-order valence-electron chi connectivity index (χ0n) is 14.9. The van der Waals surface area contributed by atoms with Gasteiger partial charge in [-0.1, -0.05) is 36.9 Å². The molecule has 0 aromatic heterocycles. The first-order valence-electron chi connectivity index (χ1n) is 8.74. The third-order valence-electron chi connectivity index (χ3n) is 5.26. The van der Waals surface area contributed by atoms with Crippen molar-refractivity contribution < 1.29 is 9.53 Å². The highest BCUT2D eigenvalue weighted by Gasteiger charge is 2.42. The maximum absolute atomic E-state index is 11.6. The SMILES string of the molecule is C=C/N=C(\N=C(/C)C(=O)OC)N1CC2CC(c3ccccc3)CC2C1. The van der Waals surface area contributed by atoms with E-state index in [0.29, 0.717) is 29.4 Å². The first-order valence-corrected chi connectivity index (χ1v) is 8.74. The van der Waals surface area contributed by atoms with Crippen LogP contribution in [-0.2, 0) is 9.53 Å². The van der Waals surface area contributed by atoms with Crippen molar-refractivity contribution in [2.24, 2.45) is 21.8 Å². The molecule has 0 radical (unpaired) electrons. The van der Waals surface area contributed by atoms with Crippen LogP contribution in [0.5, 0.6) is 0 Å². The number of hydrogen-bond acceptors (Lipinski definition) is 3. The minimum atomic E-state index is -0.430. The van der Waals surface area contributed by atoms with Crippen molar-refractivity contribution >= 4 is 17.6 Å². The van der Waals surface area contributed by atoms with Crippen molar-refractivity contribution in [3.63, 3.8) is 0 Å². The van der Waals surface area contributed by atoms with E-state index in [9.17, 15) is 4.79 Å². The molecule has 1 saturated carbocycles. The highest BCUT2D eigenvalue weighted by molar-refractivity contribution is 6.37. The molecular formula is C20H25N3O2. The number of esters is 1. The van der Waals surface area contributed by atoms with Gasteiger partial charge in [-0.3, -0.25) is 0 Å². The third kappa shape index (κ3) is 3.81. The summed E-state index contributed by atoms with van der Waals surface area (Å²) in [4.78, 5) is 22.4. The lowest BCUT2D eigenvalue weighted by Crippen LogP contribution is -2.30. The largest absolute Gasteiger partial charge is 0.465 e. The molecule has 2 atom stereocenters. The molecule has 5 nitrogen and oxygen atoms in total. The smallest absolute Gasteiger partial charge is 0.352 e. The van der Waals surface area contributed by atoms with E-state index in [1.807, 2.05) is 0 Å². The van der Waals surface area contributed by atoms with Gasteiger partial charge in [-0.25, -0.2) is 14.8 Å². The summed E-state index contributed by atoms with van der Waals surface area (Å²) >= 11 is 0. The molecular weight excluding hydrogens is 314 g/mol. The van der Waals surface area contributed by atoms with Crippen molar-refractivity contribution in [2.75, 3.05) is 20.2 Å². The van der Waals surface area contributed by atoms with Gasteiger partial charge < -0.3 is 9.64 Å². The Kier molecular flexibility index (Phi) is 5.31. The lowest BCUT2D eigenvalue weighted by molar-refractivity contribution is -0.132. The van der Waals surface area contributed by atoms with Gasteiger partial charge in [0.15, 0.2) is 0 Å². The Labute approximate surface area is 149 Å². The van der Waals surface area contributed by atoms with Crippen LogP contribution in [0.15, 0.2) is 53.1 Å². The minimum Gasteiger partial charge on any atom is -0.465 e. The highest BCUT2D eigenvalue weighted by Crippen LogP contribution is 2.46. The van der Waals surface area contributed by atoms with Crippen LogP contribution in [0.1, 0.15) is 31.2 Å². The summed E-state index contributed by atoms with van der Waals surface area (Å²) in [5.74, 6) is 2.07. The number of benzene rings is 1. The molecule has 1 aliphatic carbocycles.